The molecule has 20 heavy (non-hydrogen) atoms. The maximum atomic E-state index is 8.70. The summed E-state index contributed by atoms with van der Waals surface area (Å²) in [7, 11) is -2.87. The predicted molar refractivity (Wildman–Crippen MR) is 90.1 cm³/mol. The van der Waals surface area contributed by atoms with Crippen molar-refractivity contribution in [3.05, 3.63) is 0 Å². The minimum Gasteiger partial charge on any atom is -0.134 e. The van der Waals surface area contributed by atoms with Gasteiger partial charge in [-0.25, -0.2) is 0 Å². The van der Waals surface area contributed by atoms with E-state index < -0.39 is 8.25 Å². The third-order valence-electron chi connectivity index (χ3n) is 2.91. The Bertz CT molecular complexity index is 136. The lowest BCUT2D eigenvalue weighted by atomic mass is 10.1. The van der Waals surface area contributed by atoms with Crippen LogP contribution in [0.5, 0.6) is 0 Å². The second-order valence-corrected chi connectivity index (χ2v) is 5.59. The fourth-order valence-electron chi connectivity index (χ4n) is 1.71. The van der Waals surface area contributed by atoms with Gasteiger partial charge in [0.05, 0.1) is 0 Å². The molecular weight excluding hydrogens is 271 g/mol. The zero-order valence-corrected chi connectivity index (χ0v) is 15.1. The summed E-state index contributed by atoms with van der Waals surface area (Å²) in [4.78, 5) is 14.2. The van der Waals surface area contributed by atoms with Gasteiger partial charge in [0.25, 0.3) is 0 Å². The molecule has 0 aliphatic carbocycles. The quantitative estimate of drug-likeness (QED) is 0.364. The Hall–Kier alpha value is 0.0200. The van der Waals surface area contributed by atoms with E-state index in [1.165, 1.54) is 77.0 Å². The number of hydrogen-bond acceptors (Lipinski definition) is 1. The topological polar surface area (TPSA) is 57.5 Å². The Morgan fingerprint density at radius 3 is 0.800 bits per heavy atom. The highest BCUT2D eigenvalue weighted by molar-refractivity contribution is 7.30. The van der Waals surface area contributed by atoms with Crippen LogP contribution in [0.25, 0.3) is 0 Å². The van der Waals surface area contributed by atoms with Crippen molar-refractivity contribution in [1.29, 1.82) is 0 Å². The summed E-state index contributed by atoms with van der Waals surface area (Å²) >= 11 is 0. The summed E-state index contributed by atoms with van der Waals surface area (Å²) in [6.45, 7) is 9.02. The van der Waals surface area contributed by atoms with Gasteiger partial charge < -0.3 is 0 Å². The third-order valence-corrected chi connectivity index (χ3v) is 2.91. The van der Waals surface area contributed by atoms with Crippen LogP contribution in [0.2, 0.25) is 0 Å². The van der Waals surface area contributed by atoms with Gasteiger partial charge in [-0.1, -0.05) is 105 Å². The van der Waals surface area contributed by atoms with Crippen LogP contribution < -0.4 is 0 Å². The molecule has 0 aromatic rings. The fraction of sp³-hybridized carbons (Fsp3) is 1.00. The van der Waals surface area contributed by atoms with Gasteiger partial charge in [-0.05, 0) is 0 Å². The summed E-state index contributed by atoms with van der Waals surface area (Å²) in [5.74, 6) is 0. The lowest BCUT2D eigenvalue weighted by Gasteiger charge is -1.93. The van der Waals surface area contributed by atoms with Gasteiger partial charge in [-0.2, -0.15) is 0 Å². The van der Waals surface area contributed by atoms with Crippen LogP contribution in [-0.2, 0) is 4.57 Å². The molecule has 0 fully saturated rings. The van der Waals surface area contributed by atoms with E-state index in [-0.39, 0.29) is 0 Å². The number of unbranched alkanes of at least 4 members (excludes halogenated alkanes) is 10. The van der Waals surface area contributed by atoms with Gasteiger partial charge in [0.2, 0.25) is 0 Å². The Morgan fingerprint density at radius 2 is 0.700 bits per heavy atom. The molecule has 0 rings (SSSR count). The standard InChI is InChI=1S/2C8H18.HO3P/c2*1-3-5-7-8-6-4-2;1-4(2)3/h2*3-8H2,1-2H3;(H-,1,2,3)/p+1. The smallest absolute Gasteiger partial charge is 0.134 e. The lowest BCUT2D eigenvalue weighted by Crippen LogP contribution is -1.73. The Morgan fingerprint density at radius 1 is 0.550 bits per heavy atom. The Labute approximate surface area is 128 Å². The first-order chi connectivity index (χ1) is 9.56. The van der Waals surface area contributed by atoms with Crippen LogP contribution in [0.3, 0.4) is 0 Å². The van der Waals surface area contributed by atoms with Crippen molar-refractivity contribution >= 4 is 8.25 Å². The van der Waals surface area contributed by atoms with Crippen molar-refractivity contribution in [3.63, 3.8) is 0 Å². The molecule has 0 saturated carbocycles. The zero-order valence-electron chi connectivity index (χ0n) is 14.2. The molecule has 0 amide bonds. The van der Waals surface area contributed by atoms with E-state index in [1.807, 2.05) is 0 Å². The lowest BCUT2D eigenvalue weighted by molar-refractivity contribution is 0.405. The molecule has 0 bridgehead atoms. The van der Waals surface area contributed by atoms with Crippen molar-refractivity contribution in [3.8, 4) is 0 Å². The summed E-state index contributed by atoms with van der Waals surface area (Å²) in [5, 5.41) is 0. The molecular formula is C16H38O3P+. The summed E-state index contributed by atoms with van der Waals surface area (Å²) in [5.41, 5.74) is 0. The van der Waals surface area contributed by atoms with Gasteiger partial charge in [0.1, 0.15) is 0 Å². The molecule has 0 aromatic heterocycles. The second kappa shape index (κ2) is 27.4. The van der Waals surface area contributed by atoms with Crippen molar-refractivity contribution in [1.82, 2.24) is 0 Å². The van der Waals surface area contributed by atoms with Crippen LogP contribution in [-0.4, -0.2) is 9.79 Å². The molecule has 4 heteroatoms. The van der Waals surface area contributed by atoms with Crippen molar-refractivity contribution in [2.24, 2.45) is 0 Å². The maximum absolute atomic E-state index is 8.70. The van der Waals surface area contributed by atoms with Crippen LogP contribution >= 0.6 is 8.25 Å². The molecule has 3 nitrogen and oxygen atoms in total. The fourth-order valence-corrected chi connectivity index (χ4v) is 1.71. The number of rotatable bonds is 10. The molecule has 0 saturated heterocycles. The van der Waals surface area contributed by atoms with Crippen LogP contribution in [0.4, 0.5) is 0 Å². The van der Waals surface area contributed by atoms with E-state index in [4.69, 9.17) is 14.4 Å². The van der Waals surface area contributed by atoms with Gasteiger partial charge in [0.15, 0.2) is 0 Å². The van der Waals surface area contributed by atoms with Gasteiger partial charge >= 0.3 is 8.25 Å². The van der Waals surface area contributed by atoms with Crippen molar-refractivity contribution < 1.29 is 14.4 Å². The van der Waals surface area contributed by atoms with E-state index in [0.29, 0.717) is 0 Å². The minimum absolute atomic E-state index is 1.36. The first-order valence-electron chi connectivity index (χ1n) is 8.41. The molecule has 0 aliphatic heterocycles. The zero-order chi connectivity index (χ0) is 16.1. The second-order valence-electron chi connectivity index (χ2n) is 5.08. The third kappa shape index (κ3) is 52.0. The largest absolute Gasteiger partial charge is 0.692 e. The summed E-state index contributed by atoms with van der Waals surface area (Å²) < 4.78 is 8.70. The Kier molecular flexibility index (Phi) is 34.2. The highest BCUT2D eigenvalue weighted by Gasteiger charge is 1.93. The highest BCUT2D eigenvalue weighted by atomic mass is 31.1. The van der Waals surface area contributed by atoms with E-state index >= 15 is 0 Å². The average Bonchev–Trinajstić information content (AvgIpc) is 2.40. The molecule has 0 atom stereocenters. The molecule has 0 spiro atoms. The maximum Gasteiger partial charge on any atom is 0.692 e. The van der Waals surface area contributed by atoms with Gasteiger partial charge in [-0.15, -0.1) is 9.79 Å². The first kappa shape index (κ1) is 25.0. The van der Waals surface area contributed by atoms with Crippen molar-refractivity contribution in [2.45, 2.75) is 105 Å². The molecule has 0 aromatic carbocycles. The van der Waals surface area contributed by atoms with Crippen LogP contribution in [0.1, 0.15) is 105 Å². The minimum atomic E-state index is -2.87. The van der Waals surface area contributed by atoms with E-state index in [1.54, 1.807) is 0 Å². The molecule has 0 radical (unpaired) electrons. The van der Waals surface area contributed by atoms with E-state index in [9.17, 15) is 0 Å². The highest BCUT2D eigenvalue weighted by Crippen LogP contribution is 2.04. The SMILES string of the molecule is CCCCCCCC.CCCCCCCC.O=[P+](O)O. The predicted octanol–water partition coefficient (Wildman–Crippen LogP) is 6.36. The summed E-state index contributed by atoms with van der Waals surface area (Å²) in [6, 6.07) is 0. The average molecular weight is 309 g/mol. The normalized spacial score (nSPS) is 9.10. The van der Waals surface area contributed by atoms with E-state index in [2.05, 4.69) is 27.7 Å². The first-order valence-corrected chi connectivity index (χ1v) is 9.58. The molecule has 124 valence electrons. The Balaban J connectivity index is -0.000000230. The van der Waals surface area contributed by atoms with Crippen molar-refractivity contribution in [2.75, 3.05) is 0 Å². The molecule has 0 heterocycles. The number of hydrogen-bond donors (Lipinski definition) is 2. The molecule has 0 unspecified atom stereocenters. The molecule has 2 N–H and O–H groups in total. The van der Waals surface area contributed by atoms with Crippen LogP contribution in [0, 0.1) is 0 Å². The summed E-state index contributed by atoms with van der Waals surface area (Å²) in [6.07, 6.45) is 17.0. The van der Waals surface area contributed by atoms with E-state index in [0.717, 1.165) is 0 Å². The molecule has 0 aliphatic rings. The van der Waals surface area contributed by atoms with Gasteiger partial charge in [0, 0.05) is 4.57 Å². The van der Waals surface area contributed by atoms with Gasteiger partial charge in [-0.3, -0.25) is 0 Å². The monoisotopic (exact) mass is 309 g/mol. The van der Waals surface area contributed by atoms with Crippen LogP contribution in [0.15, 0.2) is 0 Å².